The molecule has 0 atom stereocenters. The molecule has 0 radical (unpaired) electrons. The first kappa shape index (κ1) is 17.0. The van der Waals surface area contributed by atoms with E-state index >= 15 is 0 Å². The van der Waals surface area contributed by atoms with Crippen LogP contribution in [0.1, 0.15) is 11.1 Å². The van der Waals surface area contributed by atoms with Gasteiger partial charge in [-0.05, 0) is 25.1 Å². The first-order valence-electron chi connectivity index (χ1n) is 8.45. The van der Waals surface area contributed by atoms with E-state index < -0.39 is 17.1 Å². The zero-order valence-electron chi connectivity index (χ0n) is 14.9. The number of aromatic nitrogens is 4. The first-order chi connectivity index (χ1) is 13.0. The SMILES string of the molecule is Cc1ccc(-n2c(=O)c3c(cnn3C)n(Cc3ccccc3F)c2=O)cc1. The van der Waals surface area contributed by atoms with Gasteiger partial charge in [0.2, 0.25) is 0 Å². The lowest BCUT2D eigenvalue weighted by Crippen LogP contribution is -2.39. The Labute approximate surface area is 153 Å². The minimum absolute atomic E-state index is 0.000157. The highest BCUT2D eigenvalue weighted by Gasteiger charge is 2.18. The molecule has 0 amide bonds. The zero-order chi connectivity index (χ0) is 19.1. The quantitative estimate of drug-likeness (QED) is 0.561. The van der Waals surface area contributed by atoms with Gasteiger partial charge in [0.05, 0.1) is 23.9 Å². The van der Waals surface area contributed by atoms with Gasteiger partial charge in [-0.1, -0.05) is 35.9 Å². The van der Waals surface area contributed by atoms with Crippen LogP contribution in [0.5, 0.6) is 0 Å². The van der Waals surface area contributed by atoms with Gasteiger partial charge in [0.25, 0.3) is 5.56 Å². The molecule has 6 nitrogen and oxygen atoms in total. The Morgan fingerprint density at radius 3 is 2.44 bits per heavy atom. The summed E-state index contributed by atoms with van der Waals surface area (Å²) < 4.78 is 18.1. The van der Waals surface area contributed by atoms with E-state index in [1.165, 1.54) is 21.5 Å². The second-order valence-corrected chi connectivity index (χ2v) is 6.44. The molecule has 0 spiro atoms. The van der Waals surface area contributed by atoms with Crippen LogP contribution in [-0.2, 0) is 13.6 Å². The topological polar surface area (TPSA) is 61.8 Å². The molecule has 0 bridgehead atoms. The van der Waals surface area contributed by atoms with Crippen LogP contribution in [0.25, 0.3) is 16.7 Å². The standard InChI is InChI=1S/C20H17FN4O2/c1-13-7-9-15(10-8-13)25-19(26)18-17(11-22-23(18)2)24(20(25)27)12-14-5-3-4-6-16(14)21/h3-11H,12H2,1-2H3. The molecular formula is C20H17FN4O2. The molecule has 27 heavy (non-hydrogen) atoms. The average Bonchev–Trinajstić information content (AvgIpc) is 3.03. The predicted octanol–water partition coefficient (Wildman–Crippen LogP) is 2.38. The second-order valence-electron chi connectivity index (χ2n) is 6.44. The maximum atomic E-state index is 14.2. The lowest BCUT2D eigenvalue weighted by Gasteiger charge is -2.13. The Morgan fingerprint density at radius 2 is 1.74 bits per heavy atom. The van der Waals surface area contributed by atoms with Crippen LogP contribution >= 0.6 is 0 Å². The molecule has 0 aliphatic rings. The number of halogens is 1. The third-order valence-electron chi connectivity index (χ3n) is 4.62. The van der Waals surface area contributed by atoms with Crippen molar-refractivity contribution in [3.05, 3.63) is 92.5 Å². The fraction of sp³-hybridized carbons (Fsp3) is 0.150. The Morgan fingerprint density at radius 1 is 1.04 bits per heavy atom. The van der Waals surface area contributed by atoms with E-state index in [1.807, 2.05) is 19.1 Å². The highest BCUT2D eigenvalue weighted by atomic mass is 19.1. The molecule has 2 heterocycles. The van der Waals surface area contributed by atoms with E-state index in [2.05, 4.69) is 5.10 Å². The smallest absolute Gasteiger partial charge is 0.285 e. The number of fused-ring (bicyclic) bond motifs is 1. The van der Waals surface area contributed by atoms with Crippen molar-refractivity contribution in [1.82, 2.24) is 18.9 Å². The molecule has 2 aromatic carbocycles. The van der Waals surface area contributed by atoms with Crippen LogP contribution in [-0.4, -0.2) is 18.9 Å². The van der Waals surface area contributed by atoms with E-state index in [0.29, 0.717) is 16.8 Å². The Balaban J connectivity index is 2.04. The molecule has 0 fully saturated rings. The summed E-state index contributed by atoms with van der Waals surface area (Å²) in [6.07, 6.45) is 1.46. The van der Waals surface area contributed by atoms with Gasteiger partial charge in [-0.15, -0.1) is 0 Å². The molecule has 0 aliphatic heterocycles. The summed E-state index contributed by atoms with van der Waals surface area (Å²) in [5, 5.41) is 4.12. The molecule has 0 unspecified atom stereocenters. The van der Waals surface area contributed by atoms with E-state index in [9.17, 15) is 14.0 Å². The maximum absolute atomic E-state index is 14.2. The molecule has 4 aromatic rings. The molecular weight excluding hydrogens is 347 g/mol. The lowest BCUT2D eigenvalue weighted by atomic mass is 10.2. The molecule has 0 saturated heterocycles. The Bertz CT molecular complexity index is 1270. The molecule has 2 aromatic heterocycles. The number of aryl methyl sites for hydroxylation is 2. The molecule has 4 rings (SSSR count). The van der Waals surface area contributed by atoms with Crippen molar-refractivity contribution in [2.45, 2.75) is 13.5 Å². The van der Waals surface area contributed by atoms with Gasteiger partial charge in [-0.2, -0.15) is 5.10 Å². The summed E-state index contributed by atoms with van der Waals surface area (Å²) in [7, 11) is 1.64. The summed E-state index contributed by atoms with van der Waals surface area (Å²) >= 11 is 0. The number of nitrogens with zero attached hydrogens (tertiary/aromatic N) is 4. The van der Waals surface area contributed by atoms with E-state index in [0.717, 1.165) is 10.1 Å². The minimum atomic E-state index is -0.535. The summed E-state index contributed by atoms with van der Waals surface area (Å²) in [6, 6.07) is 13.4. The summed E-state index contributed by atoms with van der Waals surface area (Å²) in [5.74, 6) is -0.408. The lowest BCUT2D eigenvalue weighted by molar-refractivity contribution is 0.594. The third kappa shape index (κ3) is 2.77. The zero-order valence-corrected chi connectivity index (χ0v) is 14.9. The van der Waals surface area contributed by atoms with Crippen molar-refractivity contribution in [1.29, 1.82) is 0 Å². The van der Waals surface area contributed by atoms with Crippen molar-refractivity contribution in [3.63, 3.8) is 0 Å². The van der Waals surface area contributed by atoms with Crippen LogP contribution in [0.2, 0.25) is 0 Å². The molecule has 136 valence electrons. The second kappa shape index (κ2) is 6.35. The highest BCUT2D eigenvalue weighted by Crippen LogP contribution is 2.14. The average molecular weight is 364 g/mol. The van der Waals surface area contributed by atoms with Gasteiger partial charge in [0, 0.05) is 12.6 Å². The largest absolute Gasteiger partial charge is 0.336 e. The van der Waals surface area contributed by atoms with Crippen molar-refractivity contribution in [2.24, 2.45) is 7.05 Å². The van der Waals surface area contributed by atoms with Gasteiger partial charge in [-0.3, -0.25) is 14.0 Å². The van der Waals surface area contributed by atoms with Crippen LogP contribution < -0.4 is 11.2 Å². The molecule has 0 N–H and O–H groups in total. The fourth-order valence-electron chi connectivity index (χ4n) is 3.16. The third-order valence-corrected chi connectivity index (χ3v) is 4.62. The van der Waals surface area contributed by atoms with Crippen molar-refractivity contribution in [2.75, 3.05) is 0 Å². The number of rotatable bonds is 3. The Hall–Kier alpha value is -3.48. The number of hydrogen-bond acceptors (Lipinski definition) is 3. The maximum Gasteiger partial charge on any atom is 0.336 e. The molecule has 0 aliphatic carbocycles. The van der Waals surface area contributed by atoms with Crippen molar-refractivity contribution < 1.29 is 4.39 Å². The Kier molecular flexibility index (Phi) is 3.99. The number of hydrogen-bond donors (Lipinski definition) is 0. The summed E-state index contributed by atoms with van der Waals surface area (Å²) in [6.45, 7) is 1.92. The van der Waals surface area contributed by atoms with Gasteiger partial charge in [0.15, 0.2) is 5.52 Å². The molecule has 0 saturated carbocycles. The van der Waals surface area contributed by atoms with E-state index in [4.69, 9.17) is 0 Å². The normalized spacial score (nSPS) is 11.2. The highest BCUT2D eigenvalue weighted by molar-refractivity contribution is 5.74. The van der Waals surface area contributed by atoms with Crippen molar-refractivity contribution in [3.8, 4) is 5.69 Å². The van der Waals surface area contributed by atoms with Crippen LogP contribution in [0.15, 0.2) is 64.3 Å². The van der Waals surface area contributed by atoms with Gasteiger partial charge in [0.1, 0.15) is 5.82 Å². The van der Waals surface area contributed by atoms with Crippen LogP contribution in [0, 0.1) is 12.7 Å². The predicted molar refractivity (Wildman–Crippen MR) is 101 cm³/mol. The van der Waals surface area contributed by atoms with Crippen LogP contribution in [0.4, 0.5) is 4.39 Å². The first-order valence-corrected chi connectivity index (χ1v) is 8.45. The molecule has 7 heteroatoms. The van der Waals surface area contributed by atoms with Gasteiger partial charge >= 0.3 is 5.69 Å². The van der Waals surface area contributed by atoms with Crippen LogP contribution in [0.3, 0.4) is 0 Å². The minimum Gasteiger partial charge on any atom is -0.285 e. The fourth-order valence-corrected chi connectivity index (χ4v) is 3.16. The van der Waals surface area contributed by atoms with E-state index in [-0.39, 0.29) is 12.1 Å². The monoisotopic (exact) mass is 364 g/mol. The van der Waals surface area contributed by atoms with Gasteiger partial charge < -0.3 is 0 Å². The van der Waals surface area contributed by atoms with Crippen molar-refractivity contribution >= 4 is 11.0 Å². The van der Waals surface area contributed by atoms with E-state index in [1.54, 1.807) is 37.4 Å². The van der Waals surface area contributed by atoms with Gasteiger partial charge in [-0.25, -0.2) is 13.8 Å². The summed E-state index contributed by atoms with van der Waals surface area (Å²) in [5.41, 5.74) is 1.50. The summed E-state index contributed by atoms with van der Waals surface area (Å²) in [4.78, 5) is 26.2. The number of benzene rings is 2.